The zero-order valence-electron chi connectivity index (χ0n) is 12.8. The fourth-order valence-electron chi connectivity index (χ4n) is 1.90. The van der Waals surface area contributed by atoms with Gasteiger partial charge in [0.25, 0.3) is 0 Å². The van der Waals surface area contributed by atoms with E-state index in [1.54, 1.807) is 25.3 Å². The summed E-state index contributed by atoms with van der Waals surface area (Å²) in [7, 11) is -1.80. The highest BCUT2D eigenvalue weighted by molar-refractivity contribution is 8.00. The molecule has 0 aliphatic rings. The van der Waals surface area contributed by atoms with Gasteiger partial charge in [0.1, 0.15) is 5.75 Å². The Labute approximate surface area is 140 Å². The molecular formula is C16H17NO4S2. The van der Waals surface area contributed by atoms with Crippen LogP contribution in [0.2, 0.25) is 0 Å². The van der Waals surface area contributed by atoms with Crippen molar-refractivity contribution in [2.24, 2.45) is 0 Å². The zero-order chi connectivity index (χ0) is 16.9. The van der Waals surface area contributed by atoms with Gasteiger partial charge in [0.15, 0.2) is 9.84 Å². The maximum atomic E-state index is 12.0. The molecule has 2 aromatic rings. The lowest BCUT2D eigenvalue weighted by Gasteiger charge is -2.09. The van der Waals surface area contributed by atoms with E-state index in [0.717, 1.165) is 16.9 Å². The highest BCUT2D eigenvalue weighted by Gasteiger charge is 2.14. The molecule has 2 aromatic carbocycles. The summed E-state index contributed by atoms with van der Waals surface area (Å²) in [5, 5.41) is 2.65. The van der Waals surface area contributed by atoms with Crippen LogP contribution in [0.15, 0.2) is 58.3 Å². The van der Waals surface area contributed by atoms with E-state index in [9.17, 15) is 13.2 Å². The summed E-state index contributed by atoms with van der Waals surface area (Å²) in [6.07, 6.45) is 1.12. The first-order valence-electron chi connectivity index (χ1n) is 6.76. The van der Waals surface area contributed by atoms with E-state index >= 15 is 0 Å². The molecule has 0 atom stereocenters. The van der Waals surface area contributed by atoms with Gasteiger partial charge >= 0.3 is 0 Å². The van der Waals surface area contributed by atoms with Crippen molar-refractivity contribution in [3.05, 3.63) is 48.5 Å². The molecule has 122 valence electrons. The topological polar surface area (TPSA) is 72.5 Å². The molecule has 0 aliphatic carbocycles. The number of nitrogens with one attached hydrogen (secondary N) is 1. The largest absolute Gasteiger partial charge is 0.497 e. The van der Waals surface area contributed by atoms with Crippen molar-refractivity contribution in [1.82, 2.24) is 0 Å². The molecule has 0 fully saturated rings. The Balaban J connectivity index is 2.00. The van der Waals surface area contributed by atoms with Crippen molar-refractivity contribution < 1.29 is 17.9 Å². The Morgan fingerprint density at radius 2 is 1.78 bits per heavy atom. The number of carbonyl (C=O) groups is 1. The molecule has 1 amide bonds. The molecule has 0 saturated carbocycles. The number of sulfone groups is 1. The molecule has 2 rings (SSSR count). The van der Waals surface area contributed by atoms with Crippen LogP contribution in [0.5, 0.6) is 5.75 Å². The number of hydrogen-bond donors (Lipinski definition) is 1. The van der Waals surface area contributed by atoms with E-state index in [1.807, 2.05) is 24.3 Å². The van der Waals surface area contributed by atoms with E-state index in [2.05, 4.69) is 5.32 Å². The number of ether oxygens (including phenoxy) is 1. The van der Waals surface area contributed by atoms with Crippen molar-refractivity contribution in [1.29, 1.82) is 0 Å². The van der Waals surface area contributed by atoms with Crippen LogP contribution >= 0.6 is 11.8 Å². The second-order valence-corrected chi connectivity index (χ2v) is 7.81. The molecule has 0 heterocycles. The Morgan fingerprint density at radius 3 is 2.39 bits per heavy atom. The first kappa shape index (κ1) is 17.4. The van der Waals surface area contributed by atoms with Gasteiger partial charge in [-0.15, -0.1) is 11.8 Å². The van der Waals surface area contributed by atoms with Crippen LogP contribution < -0.4 is 10.1 Å². The molecule has 1 N–H and O–H groups in total. The second-order valence-electron chi connectivity index (χ2n) is 4.78. The number of para-hydroxylation sites is 1. The van der Waals surface area contributed by atoms with Crippen LogP contribution in [0, 0.1) is 0 Å². The quantitative estimate of drug-likeness (QED) is 0.810. The fraction of sp³-hybridized carbons (Fsp3) is 0.188. The van der Waals surface area contributed by atoms with Gasteiger partial charge in [-0.2, -0.15) is 0 Å². The summed E-state index contributed by atoms with van der Waals surface area (Å²) < 4.78 is 28.5. The summed E-state index contributed by atoms with van der Waals surface area (Å²) in [6.45, 7) is 0. The number of benzene rings is 2. The zero-order valence-corrected chi connectivity index (χ0v) is 14.4. The molecule has 5 nitrogen and oxygen atoms in total. The van der Waals surface area contributed by atoms with Crippen LogP contribution in [-0.4, -0.2) is 33.4 Å². The van der Waals surface area contributed by atoms with Gasteiger partial charge in [-0.3, -0.25) is 4.79 Å². The molecule has 0 saturated heterocycles. The Hall–Kier alpha value is -1.99. The van der Waals surface area contributed by atoms with Gasteiger partial charge in [-0.25, -0.2) is 8.42 Å². The number of amides is 1. The minimum Gasteiger partial charge on any atom is -0.497 e. The summed E-state index contributed by atoms with van der Waals surface area (Å²) in [5.41, 5.74) is 0.301. The van der Waals surface area contributed by atoms with E-state index < -0.39 is 9.84 Å². The molecule has 0 aliphatic heterocycles. The van der Waals surface area contributed by atoms with Crippen molar-refractivity contribution in [2.45, 2.75) is 9.79 Å². The van der Waals surface area contributed by atoms with Crippen molar-refractivity contribution in [2.75, 3.05) is 24.4 Å². The third-order valence-corrected chi connectivity index (χ3v) is 5.16. The summed E-state index contributed by atoms with van der Waals surface area (Å²) in [6, 6.07) is 13.7. The smallest absolute Gasteiger partial charge is 0.234 e. The maximum Gasteiger partial charge on any atom is 0.234 e. The lowest BCUT2D eigenvalue weighted by Crippen LogP contribution is -2.16. The third kappa shape index (κ3) is 5.01. The number of rotatable bonds is 6. The van der Waals surface area contributed by atoms with Crippen LogP contribution in [0.25, 0.3) is 0 Å². The lowest BCUT2D eigenvalue weighted by atomic mass is 10.3. The van der Waals surface area contributed by atoms with Gasteiger partial charge in [0.05, 0.1) is 23.4 Å². The van der Waals surface area contributed by atoms with Gasteiger partial charge in [0.2, 0.25) is 5.91 Å². The number of thioether (sulfide) groups is 1. The number of methoxy groups -OCH3 is 1. The highest BCUT2D eigenvalue weighted by Crippen LogP contribution is 2.23. The van der Waals surface area contributed by atoms with Gasteiger partial charge in [-0.1, -0.05) is 12.1 Å². The highest BCUT2D eigenvalue weighted by atomic mass is 32.2. The minimum atomic E-state index is -3.39. The molecule has 7 heteroatoms. The summed E-state index contributed by atoms with van der Waals surface area (Å²) in [5.74, 6) is 0.674. The van der Waals surface area contributed by atoms with E-state index in [4.69, 9.17) is 4.74 Å². The standard InChI is InChI=1S/C16H17NO4S2/c1-21-12-7-9-13(10-8-12)22-11-16(18)17-14-5-3-4-6-15(14)23(2,19)20/h3-10H,11H2,1-2H3,(H,17,18). The van der Waals surface area contributed by atoms with Gasteiger partial charge in [0, 0.05) is 11.2 Å². The molecule has 0 bridgehead atoms. The van der Waals surface area contributed by atoms with Crippen LogP contribution in [0.4, 0.5) is 5.69 Å². The minimum absolute atomic E-state index is 0.114. The predicted molar refractivity (Wildman–Crippen MR) is 91.9 cm³/mol. The molecular weight excluding hydrogens is 334 g/mol. The molecule has 23 heavy (non-hydrogen) atoms. The Bertz CT molecular complexity index is 786. The Kier molecular flexibility index (Phi) is 5.68. The molecule has 0 aromatic heterocycles. The first-order valence-corrected chi connectivity index (χ1v) is 9.63. The van der Waals surface area contributed by atoms with Crippen molar-refractivity contribution in [3.63, 3.8) is 0 Å². The number of hydrogen-bond acceptors (Lipinski definition) is 5. The summed E-state index contributed by atoms with van der Waals surface area (Å²) in [4.78, 5) is 13.1. The van der Waals surface area contributed by atoms with Gasteiger partial charge in [-0.05, 0) is 36.4 Å². The monoisotopic (exact) mass is 351 g/mol. The fourth-order valence-corrected chi connectivity index (χ4v) is 3.44. The maximum absolute atomic E-state index is 12.0. The average molecular weight is 351 g/mol. The number of anilines is 1. The second kappa shape index (κ2) is 7.52. The number of carbonyl (C=O) groups excluding carboxylic acids is 1. The van der Waals surface area contributed by atoms with E-state index in [0.29, 0.717) is 5.69 Å². The van der Waals surface area contributed by atoms with Gasteiger partial charge < -0.3 is 10.1 Å². The van der Waals surface area contributed by atoms with Crippen LogP contribution in [0.1, 0.15) is 0 Å². The summed E-state index contributed by atoms with van der Waals surface area (Å²) >= 11 is 1.36. The Morgan fingerprint density at radius 1 is 1.13 bits per heavy atom. The van der Waals surface area contributed by atoms with E-state index in [-0.39, 0.29) is 16.6 Å². The molecule has 0 spiro atoms. The van der Waals surface area contributed by atoms with Crippen molar-refractivity contribution in [3.8, 4) is 5.75 Å². The average Bonchev–Trinajstić information content (AvgIpc) is 2.53. The SMILES string of the molecule is COc1ccc(SCC(=O)Nc2ccccc2S(C)(=O)=O)cc1. The molecule has 0 radical (unpaired) electrons. The van der Waals surface area contributed by atoms with Crippen molar-refractivity contribution >= 4 is 33.2 Å². The first-order chi connectivity index (χ1) is 10.9. The van der Waals surface area contributed by atoms with Crippen LogP contribution in [-0.2, 0) is 14.6 Å². The van der Waals surface area contributed by atoms with Crippen LogP contribution in [0.3, 0.4) is 0 Å². The van der Waals surface area contributed by atoms with E-state index in [1.165, 1.54) is 17.8 Å². The third-order valence-electron chi connectivity index (χ3n) is 2.99. The lowest BCUT2D eigenvalue weighted by molar-refractivity contribution is -0.113. The predicted octanol–water partition coefficient (Wildman–Crippen LogP) is 2.83. The molecule has 0 unspecified atom stereocenters. The normalized spacial score (nSPS) is 11.0.